The number of amides is 2. The zero-order valence-electron chi connectivity index (χ0n) is 19.7. The van der Waals surface area contributed by atoms with Crippen LogP contribution < -0.4 is 16.4 Å². The van der Waals surface area contributed by atoms with Crippen molar-refractivity contribution in [2.45, 2.75) is 65.3 Å². The predicted molar refractivity (Wildman–Crippen MR) is 124 cm³/mol. The molecule has 1 aliphatic heterocycles. The fourth-order valence-corrected chi connectivity index (χ4v) is 3.91. The lowest BCUT2D eigenvalue weighted by atomic mass is 10.0. The van der Waals surface area contributed by atoms with Crippen molar-refractivity contribution in [3.05, 3.63) is 35.9 Å². The monoisotopic (exact) mass is 446 g/mol. The number of nitrogens with zero attached hydrogens (tertiary/aromatic N) is 1. The average Bonchev–Trinajstić information content (AvgIpc) is 3.04. The van der Waals surface area contributed by atoms with Crippen LogP contribution in [0.5, 0.6) is 0 Å². The molecule has 1 aliphatic rings. The number of carbonyl (C=O) groups is 3. The van der Waals surface area contributed by atoms with Crippen LogP contribution in [0.25, 0.3) is 0 Å². The van der Waals surface area contributed by atoms with E-state index in [4.69, 9.17) is 10.5 Å². The highest BCUT2D eigenvalue weighted by Gasteiger charge is 2.34. The number of likely N-dealkylation sites (tertiary alicyclic amines) is 1. The molecule has 0 saturated carbocycles. The van der Waals surface area contributed by atoms with Gasteiger partial charge in [0.2, 0.25) is 5.91 Å². The first kappa shape index (κ1) is 25.8. The molecule has 1 fully saturated rings. The van der Waals surface area contributed by atoms with Crippen molar-refractivity contribution in [3.63, 3.8) is 0 Å². The lowest BCUT2D eigenvalue weighted by molar-refractivity contribution is -0.127. The van der Waals surface area contributed by atoms with E-state index >= 15 is 0 Å². The zero-order valence-corrected chi connectivity index (χ0v) is 19.7. The van der Waals surface area contributed by atoms with Crippen LogP contribution in [-0.2, 0) is 20.9 Å². The molecular formula is C24H38N4O4. The smallest absolute Gasteiger partial charge is 0.407 e. The molecule has 8 nitrogen and oxygen atoms in total. The highest BCUT2D eigenvalue weighted by Crippen LogP contribution is 2.13. The van der Waals surface area contributed by atoms with Gasteiger partial charge in [-0.25, -0.2) is 4.79 Å². The number of rotatable bonds is 11. The van der Waals surface area contributed by atoms with E-state index in [0.29, 0.717) is 31.3 Å². The van der Waals surface area contributed by atoms with Crippen LogP contribution in [0.1, 0.15) is 46.1 Å². The van der Waals surface area contributed by atoms with E-state index in [1.165, 1.54) is 0 Å². The van der Waals surface area contributed by atoms with Gasteiger partial charge in [0, 0.05) is 19.1 Å². The van der Waals surface area contributed by atoms with Gasteiger partial charge in [-0.05, 0) is 30.2 Å². The molecule has 1 unspecified atom stereocenters. The second-order valence-electron chi connectivity index (χ2n) is 9.49. The Morgan fingerprint density at radius 3 is 2.41 bits per heavy atom. The number of hydrogen-bond donors (Lipinski definition) is 3. The largest absolute Gasteiger partial charge is 0.445 e. The molecule has 0 aliphatic carbocycles. The average molecular weight is 447 g/mol. The van der Waals surface area contributed by atoms with Crippen LogP contribution in [0.3, 0.4) is 0 Å². The van der Waals surface area contributed by atoms with Gasteiger partial charge in [-0.3, -0.25) is 14.5 Å². The molecular weight excluding hydrogens is 408 g/mol. The summed E-state index contributed by atoms with van der Waals surface area (Å²) in [6.07, 6.45) is 0.845. The van der Waals surface area contributed by atoms with Crippen LogP contribution in [0.15, 0.2) is 30.3 Å². The van der Waals surface area contributed by atoms with Gasteiger partial charge in [-0.1, -0.05) is 58.0 Å². The van der Waals surface area contributed by atoms with Crippen molar-refractivity contribution in [3.8, 4) is 0 Å². The number of carbonyl (C=O) groups excluding carboxylic acids is 3. The van der Waals surface area contributed by atoms with Crippen molar-refractivity contribution in [2.75, 3.05) is 19.6 Å². The molecule has 32 heavy (non-hydrogen) atoms. The minimum Gasteiger partial charge on any atom is -0.445 e. The number of Topliss-reactive ketones (excluding diaryl/α,β-unsaturated/α-hetero) is 1. The summed E-state index contributed by atoms with van der Waals surface area (Å²) in [6, 6.07) is 8.15. The molecule has 0 bridgehead atoms. The molecule has 1 saturated heterocycles. The Morgan fingerprint density at radius 2 is 1.78 bits per heavy atom. The molecule has 8 heteroatoms. The van der Waals surface area contributed by atoms with Crippen LogP contribution >= 0.6 is 0 Å². The number of ketones is 1. The predicted octanol–water partition coefficient (Wildman–Crippen LogP) is 2.07. The fourth-order valence-electron chi connectivity index (χ4n) is 3.91. The number of nitrogens with one attached hydrogen (secondary N) is 2. The number of nitrogens with two attached hydrogens (primary N) is 1. The van der Waals surface area contributed by atoms with Gasteiger partial charge in [0.15, 0.2) is 5.78 Å². The van der Waals surface area contributed by atoms with Crippen molar-refractivity contribution < 1.29 is 19.1 Å². The van der Waals surface area contributed by atoms with Crippen molar-refractivity contribution >= 4 is 17.8 Å². The van der Waals surface area contributed by atoms with E-state index in [1.54, 1.807) is 0 Å². The van der Waals surface area contributed by atoms with Gasteiger partial charge in [0.25, 0.3) is 0 Å². The lowest BCUT2D eigenvalue weighted by Gasteiger charge is -2.25. The van der Waals surface area contributed by atoms with Crippen molar-refractivity contribution in [2.24, 2.45) is 17.6 Å². The molecule has 0 aromatic heterocycles. The third kappa shape index (κ3) is 8.96. The lowest BCUT2D eigenvalue weighted by Crippen LogP contribution is -2.49. The molecule has 0 radical (unpaired) electrons. The Labute approximate surface area is 191 Å². The Balaban J connectivity index is 1.86. The summed E-state index contributed by atoms with van der Waals surface area (Å²) in [7, 11) is 0. The van der Waals surface area contributed by atoms with Gasteiger partial charge in [-0.15, -0.1) is 0 Å². The highest BCUT2D eigenvalue weighted by molar-refractivity contribution is 5.93. The third-order valence-corrected chi connectivity index (χ3v) is 5.36. The Kier molecular flexibility index (Phi) is 10.1. The van der Waals surface area contributed by atoms with Crippen LogP contribution in [0.2, 0.25) is 0 Å². The molecule has 2 amide bonds. The summed E-state index contributed by atoms with van der Waals surface area (Å²) in [5.74, 6) is 0.332. The van der Waals surface area contributed by atoms with E-state index in [9.17, 15) is 14.4 Å². The molecule has 0 spiro atoms. The minimum absolute atomic E-state index is 0.0370. The molecule has 178 valence electrons. The van der Waals surface area contributed by atoms with Crippen molar-refractivity contribution in [1.29, 1.82) is 0 Å². The summed E-state index contributed by atoms with van der Waals surface area (Å²) in [4.78, 5) is 39.0. The Hall–Kier alpha value is -2.45. The normalized spacial score (nSPS) is 18.6. The Bertz CT molecular complexity index is 754. The minimum atomic E-state index is -0.619. The molecule has 4 N–H and O–H groups in total. The van der Waals surface area contributed by atoms with Crippen LogP contribution in [-0.4, -0.2) is 60.4 Å². The summed E-state index contributed by atoms with van der Waals surface area (Å²) in [5, 5.41) is 5.72. The van der Waals surface area contributed by atoms with Gasteiger partial charge in [0.05, 0.1) is 12.6 Å². The SMILES string of the molecule is CC(C)C[C@H](CN1CC(=O)C(NC(=O)[C@@H](N)CC(C)C)C1)NC(=O)OCc1ccccc1. The second-order valence-corrected chi connectivity index (χ2v) is 9.49. The van der Waals surface area contributed by atoms with Gasteiger partial charge >= 0.3 is 6.09 Å². The summed E-state index contributed by atoms with van der Waals surface area (Å²) >= 11 is 0. The van der Waals surface area contributed by atoms with Crippen LogP contribution in [0.4, 0.5) is 4.79 Å². The van der Waals surface area contributed by atoms with Gasteiger partial charge in [-0.2, -0.15) is 0 Å². The number of alkyl carbamates (subject to hydrolysis) is 1. The summed E-state index contributed by atoms with van der Waals surface area (Å²) in [5.41, 5.74) is 6.86. The van der Waals surface area contributed by atoms with Crippen LogP contribution in [0, 0.1) is 11.8 Å². The fraction of sp³-hybridized carbons (Fsp3) is 0.625. The first-order valence-corrected chi connectivity index (χ1v) is 11.4. The summed E-state index contributed by atoms with van der Waals surface area (Å²) in [6.45, 7) is 9.53. The first-order chi connectivity index (χ1) is 15.1. The topological polar surface area (TPSA) is 114 Å². The van der Waals surface area contributed by atoms with E-state index < -0.39 is 18.2 Å². The molecule has 1 aromatic rings. The quantitative estimate of drug-likeness (QED) is 0.480. The highest BCUT2D eigenvalue weighted by atomic mass is 16.5. The number of hydrogen-bond acceptors (Lipinski definition) is 6. The van der Waals surface area contributed by atoms with Crippen molar-refractivity contribution in [1.82, 2.24) is 15.5 Å². The second kappa shape index (κ2) is 12.6. The Morgan fingerprint density at radius 1 is 1.12 bits per heavy atom. The molecule has 1 aromatic carbocycles. The third-order valence-electron chi connectivity index (χ3n) is 5.36. The summed E-state index contributed by atoms with van der Waals surface area (Å²) < 4.78 is 5.35. The van der Waals surface area contributed by atoms with E-state index in [-0.39, 0.29) is 30.9 Å². The molecule has 3 atom stereocenters. The maximum Gasteiger partial charge on any atom is 0.407 e. The van der Waals surface area contributed by atoms with Gasteiger partial charge < -0.3 is 21.1 Å². The van der Waals surface area contributed by atoms with E-state index in [0.717, 1.165) is 12.0 Å². The zero-order chi connectivity index (χ0) is 23.7. The number of ether oxygens (including phenoxy) is 1. The first-order valence-electron chi connectivity index (χ1n) is 11.4. The van der Waals surface area contributed by atoms with E-state index in [1.807, 2.05) is 49.1 Å². The molecule has 1 heterocycles. The standard InChI is InChI=1S/C24H38N4O4/c1-16(2)10-19(26-24(31)32-15-18-8-6-5-7-9-18)12-28-13-21(22(29)14-28)27-23(30)20(25)11-17(3)4/h5-9,16-17,19-21H,10-15,25H2,1-4H3,(H,26,31)(H,27,30)/t19-,20+,21?/m1/s1. The molecule has 2 rings (SSSR count). The van der Waals surface area contributed by atoms with E-state index in [2.05, 4.69) is 24.5 Å². The maximum atomic E-state index is 12.4. The van der Waals surface area contributed by atoms with Gasteiger partial charge in [0.1, 0.15) is 12.6 Å². The maximum absolute atomic E-state index is 12.4. The number of benzene rings is 1.